The van der Waals surface area contributed by atoms with Gasteiger partial charge in [-0.15, -0.1) is 0 Å². The van der Waals surface area contributed by atoms with Gasteiger partial charge in [-0.3, -0.25) is 14.6 Å². The van der Waals surface area contributed by atoms with Gasteiger partial charge in [0.1, 0.15) is 5.52 Å². The SMILES string of the molecule is CC1=C(Cn2cc(C(=O)NCCO)c3ncccc32)NCNC1=O. The Morgan fingerprint density at radius 1 is 1.46 bits per heavy atom. The molecule has 2 aromatic rings. The monoisotopic (exact) mass is 329 g/mol. The summed E-state index contributed by atoms with van der Waals surface area (Å²) in [7, 11) is 0. The van der Waals surface area contributed by atoms with E-state index in [1.54, 1.807) is 25.4 Å². The van der Waals surface area contributed by atoms with Crippen molar-refractivity contribution in [2.75, 3.05) is 19.8 Å². The maximum atomic E-state index is 12.3. The Balaban J connectivity index is 1.98. The number of aliphatic hydroxyl groups is 1. The van der Waals surface area contributed by atoms with Crippen molar-refractivity contribution in [3.63, 3.8) is 0 Å². The lowest BCUT2D eigenvalue weighted by Gasteiger charge is -2.21. The van der Waals surface area contributed by atoms with E-state index in [-0.39, 0.29) is 25.0 Å². The fourth-order valence-electron chi connectivity index (χ4n) is 2.66. The zero-order valence-electron chi connectivity index (χ0n) is 13.3. The number of aromatic nitrogens is 2. The molecule has 4 N–H and O–H groups in total. The predicted octanol–water partition coefficient (Wildman–Crippen LogP) is -0.291. The third kappa shape index (κ3) is 2.95. The fraction of sp³-hybridized carbons (Fsp3) is 0.312. The van der Waals surface area contributed by atoms with Gasteiger partial charge in [0.15, 0.2) is 0 Å². The zero-order valence-corrected chi connectivity index (χ0v) is 13.3. The number of nitrogens with zero attached hydrogens (tertiary/aromatic N) is 2. The Morgan fingerprint density at radius 3 is 3.08 bits per heavy atom. The van der Waals surface area contributed by atoms with Crippen LogP contribution in [0.1, 0.15) is 17.3 Å². The number of amides is 2. The highest BCUT2D eigenvalue weighted by atomic mass is 16.3. The lowest BCUT2D eigenvalue weighted by Crippen LogP contribution is -2.41. The van der Waals surface area contributed by atoms with Gasteiger partial charge < -0.3 is 25.6 Å². The highest BCUT2D eigenvalue weighted by Crippen LogP contribution is 2.21. The van der Waals surface area contributed by atoms with E-state index in [1.165, 1.54) is 0 Å². The van der Waals surface area contributed by atoms with E-state index in [0.717, 1.165) is 11.2 Å². The largest absolute Gasteiger partial charge is 0.395 e. The van der Waals surface area contributed by atoms with Gasteiger partial charge in [-0.05, 0) is 19.1 Å². The molecule has 0 bridgehead atoms. The molecule has 0 fully saturated rings. The smallest absolute Gasteiger partial charge is 0.255 e. The first-order valence-corrected chi connectivity index (χ1v) is 7.66. The van der Waals surface area contributed by atoms with Gasteiger partial charge in [0, 0.05) is 30.2 Å². The van der Waals surface area contributed by atoms with E-state index in [4.69, 9.17) is 5.11 Å². The highest BCUT2D eigenvalue weighted by Gasteiger charge is 2.19. The molecule has 1 aliphatic rings. The molecule has 126 valence electrons. The number of rotatable bonds is 5. The molecule has 8 heteroatoms. The van der Waals surface area contributed by atoms with Gasteiger partial charge in [-0.1, -0.05) is 0 Å². The molecule has 2 amide bonds. The average Bonchev–Trinajstić information content (AvgIpc) is 2.96. The summed E-state index contributed by atoms with van der Waals surface area (Å²) >= 11 is 0. The second-order valence-electron chi connectivity index (χ2n) is 5.48. The number of aliphatic hydroxyl groups excluding tert-OH is 1. The van der Waals surface area contributed by atoms with Crippen molar-refractivity contribution in [1.29, 1.82) is 0 Å². The van der Waals surface area contributed by atoms with Crippen LogP contribution in [0.25, 0.3) is 11.0 Å². The number of nitrogens with one attached hydrogen (secondary N) is 3. The number of fused-ring (bicyclic) bond motifs is 1. The van der Waals surface area contributed by atoms with Gasteiger partial charge >= 0.3 is 0 Å². The second-order valence-corrected chi connectivity index (χ2v) is 5.48. The van der Waals surface area contributed by atoms with Crippen molar-refractivity contribution in [2.45, 2.75) is 13.5 Å². The minimum atomic E-state index is -0.286. The molecular formula is C16H19N5O3. The normalized spacial score (nSPS) is 14.5. The maximum absolute atomic E-state index is 12.3. The molecule has 0 atom stereocenters. The molecule has 3 rings (SSSR count). The molecular weight excluding hydrogens is 310 g/mol. The van der Waals surface area contributed by atoms with Gasteiger partial charge in [0.2, 0.25) is 5.91 Å². The fourth-order valence-corrected chi connectivity index (χ4v) is 2.66. The quantitative estimate of drug-likeness (QED) is 0.603. The number of carbonyl (C=O) groups is 2. The Hall–Kier alpha value is -2.87. The molecule has 0 saturated carbocycles. The Morgan fingerprint density at radius 2 is 2.29 bits per heavy atom. The van der Waals surface area contributed by atoms with Crippen LogP contribution in [0.2, 0.25) is 0 Å². The van der Waals surface area contributed by atoms with E-state index in [1.807, 2.05) is 10.6 Å². The molecule has 2 aromatic heterocycles. The standard InChI is InChI=1S/C16H19N5O3/c1-10-12(19-9-20-15(10)23)8-21-7-11(16(24)18-5-6-22)14-13(21)3-2-4-17-14/h2-4,7,19,22H,5-6,8-9H2,1H3,(H,18,24)(H,20,23). The molecule has 0 radical (unpaired) electrons. The summed E-state index contributed by atoms with van der Waals surface area (Å²) in [5.74, 6) is -0.384. The van der Waals surface area contributed by atoms with Gasteiger partial charge in [0.05, 0.1) is 30.9 Å². The molecule has 24 heavy (non-hydrogen) atoms. The van der Waals surface area contributed by atoms with E-state index >= 15 is 0 Å². The lowest BCUT2D eigenvalue weighted by molar-refractivity contribution is -0.118. The number of pyridine rings is 1. The first-order chi connectivity index (χ1) is 11.6. The minimum Gasteiger partial charge on any atom is -0.395 e. The summed E-state index contributed by atoms with van der Waals surface area (Å²) in [4.78, 5) is 28.3. The third-order valence-corrected chi connectivity index (χ3v) is 3.95. The van der Waals surface area contributed by atoms with Crippen molar-refractivity contribution in [3.05, 3.63) is 41.4 Å². The van der Waals surface area contributed by atoms with Crippen LogP contribution >= 0.6 is 0 Å². The van der Waals surface area contributed by atoms with Gasteiger partial charge in [-0.25, -0.2) is 0 Å². The molecule has 8 nitrogen and oxygen atoms in total. The second kappa shape index (κ2) is 6.71. The third-order valence-electron chi connectivity index (χ3n) is 3.95. The van der Waals surface area contributed by atoms with E-state index in [2.05, 4.69) is 20.9 Å². The lowest BCUT2D eigenvalue weighted by atomic mass is 10.2. The molecule has 0 aliphatic carbocycles. The molecule has 0 aromatic carbocycles. The summed E-state index contributed by atoms with van der Waals surface area (Å²) in [6, 6.07) is 3.68. The maximum Gasteiger partial charge on any atom is 0.255 e. The molecule has 1 aliphatic heterocycles. The minimum absolute atomic E-state index is 0.0979. The van der Waals surface area contributed by atoms with E-state index < -0.39 is 0 Å². The first-order valence-electron chi connectivity index (χ1n) is 7.66. The Kier molecular flexibility index (Phi) is 4.48. The predicted molar refractivity (Wildman–Crippen MR) is 88.0 cm³/mol. The van der Waals surface area contributed by atoms with Crippen LogP contribution in [0, 0.1) is 0 Å². The number of hydrogen-bond acceptors (Lipinski definition) is 5. The van der Waals surface area contributed by atoms with E-state index in [9.17, 15) is 9.59 Å². The molecule has 0 spiro atoms. The van der Waals surface area contributed by atoms with Crippen molar-refractivity contribution >= 4 is 22.8 Å². The van der Waals surface area contributed by atoms with Crippen LogP contribution < -0.4 is 16.0 Å². The Bertz CT molecular complexity index is 824. The van der Waals surface area contributed by atoms with Crippen molar-refractivity contribution < 1.29 is 14.7 Å². The number of hydrogen-bond donors (Lipinski definition) is 4. The first kappa shape index (κ1) is 16.0. The molecule has 3 heterocycles. The number of carbonyl (C=O) groups excluding carboxylic acids is 2. The van der Waals surface area contributed by atoms with Crippen molar-refractivity contribution in [1.82, 2.24) is 25.5 Å². The van der Waals surface area contributed by atoms with Gasteiger partial charge in [-0.2, -0.15) is 0 Å². The molecule has 0 unspecified atom stereocenters. The van der Waals surface area contributed by atoms with Crippen molar-refractivity contribution in [3.8, 4) is 0 Å². The summed E-state index contributed by atoms with van der Waals surface area (Å²) in [5.41, 5.74) is 3.27. The van der Waals surface area contributed by atoms with Crippen LogP contribution in [-0.4, -0.2) is 46.3 Å². The van der Waals surface area contributed by atoms with Crippen LogP contribution in [0.4, 0.5) is 0 Å². The average molecular weight is 329 g/mol. The zero-order chi connectivity index (χ0) is 17.1. The Labute approximate surface area is 138 Å². The van der Waals surface area contributed by atoms with E-state index in [0.29, 0.717) is 29.9 Å². The van der Waals surface area contributed by atoms with Crippen LogP contribution in [0.15, 0.2) is 35.8 Å². The van der Waals surface area contributed by atoms with Crippen LogP contribution in [0.3, 0.4) is 0 Å². The summed E-state index contributed by atoms with van der Waals surface area (Å²) in [5, 5.41) is 17.4. The summed E-state index contributed by atoms with van der Waals surface area (Å²) < 4.78 is 1.89. The van der Waals surface area contributed by atoms with Crippen molar-refractivity contribution in [2.24, 2.45) is 0 Å². The van der Waals surface area contributed by atoms with Crippen LogP contribution in [-0.2, 0) is 11.3 Å². The van der Waals surface area contributed by atoms with Crippen LogP contribution in [0.5, 0.6) is 0 Å². The summed E-state index contributed by atoms with van der Waals surface area (Å²) in [6.07, 6.45) is 3.35. The summed E-state index contributed by atoms with van der Waals surface area (Å²) in [6.45, 7) is 2.64. The number of allylic oxidation sites excluding steroid dienone is 1. The topological polar surface area (TPSA) is 108 Å². The highest BCUT2D eigenvalue weighted by molar-refractivity contribution is 6.05. The molecule has 0 saturated heterocycles. The van der Waals surface area contributed by atoms with Gasteiger partial charge in [0.25, 0.3) is 5.91 Å².